The first-order valence-corrected chi connectivity index (χ1v) is 5.50. The molecule has 1 unspecified atom stereocenters. The van der Waals surface area contributed by atoms with Gasteiger partial charge in [-0.2, -0.15) is 0 Å². The van der Waals surface area contributed by atoms with Gasteiger partial charge in [0.15, 0.2) is 0 Å². The Morgan fingerprint density at radius 3 is 2.08 bits per heavy atom. The van der Waals surface area contributed by atoms with E-state index in [-0.39, 0.29) is 0 Å². The Morgan fingerprint density at radius 2 is 1.69 bits per heavy atom. The SMILES string of the molecule is CCCCC(C)(O)CN(CC)CC. The number of hydrogen-bond donors (Lipinski definition) is 1. The van der Waals surface area contributed by atoms with Gasteiger partial charge in [-0.15, -0.1) is 0 Å². The highest BCUT2D eigenvalue weighted by molar-refractivity contribution is 4.76. The van der Waals surface area contributed by atoms with Crippen molar-refractivity contribution in [3.8, 4) is 0 Å². The summed E-state index contributed by atoms with van der Waals surface area (Å²) in [6.07, 6.45) is 3.20. The lowest BCUT2D eigenvalue weighted by Crippen LogP contribution is -2.40. The van der Waals surface area contributed by atoms with E-state index in [1.165, 1.54) is 0 Å². The molecule has 0 saturated heterocycles. The lowest BCUT2D eigenvalue weighted by atomic mass is 9.98. The molecular weight excluding hydrogens is 162 g/mol. The molecule has 0 rings (SSSR count). The van der Waals surface area contributed by atoms with Crippen LogP contribution in [0.15, 0.2) is 0 Å². The summed E-state index contributed by atoms with van der Waals surface area (Å²) in [5.41, 5.74) is -0.498. The second-order valence-corrected chi connectivity index (χ2v) is 4.06. The number of hydrogen-bond acceptors (Lipinski definition) is 2. The van der Waals surface area contributed by atoms with Crippen LogP contribution in [0.4, 0.5) is 0 Å². The lowest BCUT2D eigenvalue weighted by molar-refractivity contribution is 0.0133. The van der Waals surface area contributed by atoms with E-state index >= 15 is 0 Å². The quantitative estimate of drug-likeness (QED) is 0.661. The van der Waals surface area contributed by atoms with Crippen LogP contribution in [0.2, 0.25) is 0 Å². The molecule has 0 aromatic heterocycles. The highest BCUT2D eigenvalue weighted by Gasteiger charge is 2.21. The maximum absolute atomic E-state index is 10.0. The van der Waals surface area contributed by atoms with Crippen LogP contribution >= 0.6 is 0 Å². The molecule has 0 saturated carbocycles. The van der Waals surface area contributed by atoms with Crippen LogP contribution in [0.3, 0.4) is 0 Å². The van der Waals surface area contributed by atoms with Crippen molar-refractivity contribution in [1.82, 2.24) is 4.90 Å². The average molecular weight is 187 g/mol. The Labute approximate surface area is 82.9 Å². The van der Waals surface area contributed by atoms with E-state index in [2.05, 4.69) is 25.7 Å². The van der Waals surface area contributed by atoms with Gasteiger partial charge in [-0.05, 0) is 26.4 Å². The van der Waals surface area contributed by atoms with E-state index in [4.69, 9.17) is 0 Å². The molecule has 13 heavy (non-hydrogen) atoms. The summed E-state index contributed by atoms with van der Waals surface area (Å²) >= 11 is 0. The Hall–Kier alpha value is -0.0800. The third kappa shape index (κ3) is 6.05. The molecule has 2 nitrogen and oxygen atoms in total. The second-order valence-electron chi connectivity index (χ2n) is 4.06. The average Bonchev–Trinajstić information content (AvgIpc) is 2.11. The smallest absolute Gasteiger partial charge is 0.0746 e. The molecule has 1 atom stereocenters. The van der Waals surface area contributed by atoms with Crippen molar-refractivity contribution in [3.05, 3.63) is 0 Å². The number of likely N-dealkylation sites (N-methyl/N-ethyl adjacent to an activating group) is 1. The van der Waals surface area contributed by atoms with Crippen LogP contribution in [0.1, 0.15) is 47.0 Å². The number of aliphatic hydroxyl groups is 1. The molecule has 0 aliphatic carbocycles. The van der Waals surface area contributed by atoms with Gasteiger partial charge < -0.3 is 10.0 Å². The zero-order valence-corrected chi connectivity index (χ0v) is 9.64. The van der Waals surface area contributed by atoms with E-state index in [1.807, 2.05) is 6.92 Å². The van der Waals surface area contributed by atoms with Gasteiger partial charge in [-0.1, -0.05) is 33.6 Å². The molecule has 0 spiro atoms. The molecule has 0 heterocycles. The summed E-state index contributed by atoms with van der Waals surface area (Å²) in [5.74, 6) is 0. The van der Waals surface area contributed by atoms with Crippen molar-refractivity contribution in [2.24, 2.45) is 0 Å². The predicted molar refractivity (Wildman–Crippen MR) is 57.9 cm³/mol. The van der Waals surface area contributed by atoms with Gasteiger partial charge in [-0.25, -0.2) is 0 Å². The van der Waals surface area contributed by atoms with Gasteiger partial charge in [0.1, 0.15) is 0 Å². The molecule has 0 amide bonds. The summed E-state index contributed by atoms with van der Waals surface area (Å²) in [7, 11) is 0. The topological polar surface area (TPSA) is 23.5 Å². The minimum atomic E-state index is -0.498. The van der Waals surface area contributed by atoms with E-state index < -0.39 is 5.60 Å². The van der Waals surface area contributed by atoms with Crippen LogP contribution in [0.5, 0.6) is 0 Å². The van der Waals surface area contributed by atoms with E-state index in [9.17, 15) is 5.11 Å². The minimum Gasteiger partial charge on any atom is -0.389 e. The number of unbranched alkanes of at least 4 members (excludes halogenated alkanes) is 1. The lowest BCUT2D eigenvalue weighted by Gasteiger charge is -2.30. The fourth-order valence-corrected chi connectivity index (χ4v) is 1.57. The monoisotopic (exact) mass is 187 g/mol. The largest absolute Gasteiger partial charge is 0.389 e. The maximum Gasteiger partial charge on any atom is 0.0746 e. The van der Waals surface area contributed by atoms with Gasteiger partial charge >= 0.3 is 0 Å². The zero-order valence-electron chi connectivity index (χ0n) is 9.64. The Bertz CT molecular complexity index is 119. The van der Waals surface area contributed by atoms with Crippen LogP contribution < -0.4 is 0 Å². The molecule has 1 N–H and O–H groups in total. The summed E-state index contributed by atoms with van der Waals surface area (Å²) in [6.45, 7) is 11.2. The molecule has 2 heteroatoms. The van der Waals surface area contributed by atoms with Crippen molar-refractivity contribution >= 4 is 0 Å². The third-order valence-electron chi connectivity index (χ3n) is 2.53. The fourth-order valence-electron chi connectivity index (χ4n) is 1.57. The first-order chi connectivity index (χ1) is 6.05. The van der Waals surface area contributed by atoms with Crippen molar-refractivity contribution in [2.75, 3.05) is 19.6 Å². The summed E-state index contributed by atoms with van der Waals surface area (Å²) < 4.78 is 0. The highest BCUT2D eigenvalue weighted by Crippen LogP contribution is 2.14. The molecule has 0 radical (unpaired) electrons. The molecule has 0 fully saturated rings. The van der Waals surface area contributed by atoms with Crippen molar-refractivity contribution in [2.45, 2.75) is 52.6 Å². The van der Waals surface area contributed by atoms with Gasteiger partial charge in [0, 0.05) is 6.54 Å². The van der Waals surface area contributed by atoms with Crippen LogP contribution in [-0.4, -0.2) is 35.2 Å². The van der Waals surface area contributed by atoms with Crippen LogP contribution in [-0.2, 0) is 0 Å². The minimum absolute atomic E-state index is 0.498. The molecule has 0 bridgehead atoms. The summed E-state index contributed by atoms with van der Waals surface area (Å²) in [6, 6.07) is 0. The van der Waals surface area contributed by atoms with E-state index in [0.29, 0.717) is 0 Å². The summed E-state index contributed by atoms with van der Waals surface area (Å²) in [4.78, 5) is 2.27. The molecule has 80 valence electrons. The fraction of sp³-hybridized carbons (Fsp3) is 1.00. The first kappa shape index (κ1) is 12.9. The van der Waals surface area contributed by atoms with E-state index in [1.54, 1.807) is 0 Å². The van der Waals surface area contributed by atoms with Gasteiger partial charge in [0.2, 0.25) is 0 Å². The zero-order chi connectivity index (χ0) is 10.3. The maximum atomic E-state index is 10.0. The molecule has 0 aromatic carbocycles. The predicted octanol–water partition coefficient (Wildman–Crippen LogP) is 2.27. The van der Waals surface area contributed by atoms with Crippen molar-refractivity contribution in [1.29, 1.82) is 0 Å². The number of nitrogens with zero attached hydrogens (tertiary/aromatic N) is 1. The Morgan fingerprint density at radius 1 is 1.15 bits per heavy atom. The summed E-state index contributed by atoms with van der Waals surface area (Å²) in [5, 5.41) is 10.0. The van der Waals surface area contributed by atoms with Gasteiger partial charge in [0.05, 0.1) is 5.60 Å². The highest BCUT2D eigenvalue weighted by atomic mass is 16.3. The Balaban J connectivity index is 3.83. The standard InChI is InChI=1S/C11H25NO/c1-5-8-9-11(4,13)10-12(6-2)7-3/h13H,5-10H2,1-4H3. The van der Waals surface area contributed by atoms with Gasteiger partial charge in [-0.3, -0.25) is 0 Å². The molecule has 0 aromatic rings. The van der Waals surface area contributed by atoms with Crippen LogP contribution in [0, 0.1) is 0 Å². The second kappa shape index (κ2) is 6.39. The molecule has 0 aliphatic rings. The van der Waals surface area contributed by atoms with Gasteiger partial charge in [0.25, 0.3) is 0 Å². The van der Waals surface area contributed by atoms with Crippen LogP contribution in [0.25, 0.3) is 0 Å². The van der Waals surface area contributed by atoms with Crippen molar-refractivity contribution < 1.29 is 5.11 Å². The Kier molecular flexibility index (Phi) is 6.35. The number of rotatable bonds is 7. The van der Waals surface area contributed by atoms with Crippen molar-refractivity contribution in [3.63, 3.8) is 0 Å². The third-order valence-corrected chi connectivity index (χ3v) is 2.53. The molecular formula is C11H25NO. The normalized spacial score (nSPS) is 16.2. The first-order valence-electron chi connectivity index (χ1n) is 5.50. The van der Waals surface area contributed by atoms with E-state index in [0.717, 1.165) is 38.9 Å². The molecule has 0 aliphatic heterocycles.